The second kappa shape index (κ2) is 8.27. The Morgan fingerprint density at radius 2 is 2.11 bits per heavy atom. The van der Waals surface area contributed by atoms with Gasteiger partial charge in [0.05, 0.1) is 12.2 Å². The van der Waals surface area contributed by atoms with Crippen molar-refractivity contribution in [2.45, 2.75) is 33.1 Å². The van der Waals surface area contributed by atoms with Crippen LogP contribution in [0.3, 0.4) is 0 Å². The van der Waals surface area contributed by atoms with E-state index in [0.29, 0.717) is 23.3 Å². The van der Waals surface area contributed by atoms with Crippen LogP contribution in [-0.4, -0.2) is 40.6 Å². The highest BCUT2D eigenvalue weighted by molar-refractivity contribution is 9.10. The highest BCUT2D eigenvalue weighted by atomic mass is 79.9. The summed E-state index contributed by atoms with van der Waals surface area (Å²) in [4.78, 5) is 18.3. The lowest BCUT2D eigenvalue weighted by atomic mass is 10.2. The predicted molar refractivity (Wildman–Crippen MR) is 79.2 cm³/mol. The van der Waals surface area contributed by atoms with Gasteiger partial charge in [-0.25, -0.2) is 4.98 Å². The molecule has 0 atom stereocenters. The Labute approximate surface area is 123 Å². The molecule has 1 rings (SSSR count). The summed E-state index contributed by atoms with van der Waals surface area (Å²) in [5.41, 5.74) is 1.42. The maximum absolute atomic E-state index is 12.4. The number of rotatable bonds is 7. The molecule has 1 aromatic rings. The van der Waals surface area contributed by atoms with E-state index in [1.165, 1.54) is 0 Å². The lowest BCUT2D eigenvalue weighted by Crippen LogP contribution is -2.34. The van der Waals surface area contributed by atoms with Crippen molar-refractivity contribution in [2.24, 2.45) is 0 Å². The molecule has 0 saturated carbocycles. The molecule has 1 heterocycles. The molecule has 0 spiro atoms. The highest BCUT2D eigenvalue weighted by Gasteiger charge is 2.18. The lowest BCUT2D eigenvalue weighted by Gasteiger charge is -2.22. The molecule has 0 aromatic carbocycles. The van der Waals surface area contributed by atoms with Crippen molar-refractivity contribution in [3.05, 3.63) is 28.0 Å². The van der Waals surface area contributed by atoms with Crippen LogP contribution in [0.15, 0.2) is 16.7 Å². The predicted octanol–water partition coefficient (Wildman–Crippen LogP) is 2.78. The Hall–Kier alpha value is -0.940. The molecule has 0 unspecified atom stereocenters. The van der Waals surface area contributed by atoms with Gasteiger partial charge in [-0.15, -0.1) is 0 Å². The fourth-order valence-corrected chi connectivity index (χ4v) is 2.42. The molecular weight excluding hydrogens is 308 g/mol. The van der Waals surface area contributed by atoms with Crippen molar-refractivity contribution in [1.29, 1.82) is 0 Å². The Balaban J connectivity index is 2.79. The fraction of sp³-hybridized carbons (Fsp3) is 0.571. The largest absolute Gasteiger partial charge is 0.395 e. The third kappa shape index (κ3) is 4.91. The van der Waals surface area contributed by atoms with Crippen LogP contribution >= 0.6 is 15.9 Å². The van der Waals surface area contributed by atoms with Crippen molar-refractivity contribution < 1.29 is 9.90 Å². The van der Waals surface area contributed by atoms with Crippen molar-refractivity contribution in [3.63, 3.8) is 0 Å². The van der Waals surface area contributed by atoms with E-state index in [4.69, 9.17) is 5.11 Å². The fourth-order valence-electron chi connectivity index (χ4n) is 1.84. The average Bonchev–Trinajstić information content (AvgIpc) is 2.37. The van der Waals surface area contributed by atoms with Crippen LogP contribution in [0.4, 0.5) is 0 Å². The van der Waals surface area contributed by atoms with Crippen molar-refractivity contribution in [2.75, 3.05) is 19.7 Å². The number of nitrogens with zero attached hydrogens (tertiary/aromatic N) is 2. The number of aliphatic hydroxyl groups excluding tert-OH is 1. The molecule has 0 saturated heterocycles. The number of aromatic nitrogens is 1. The summed E-state index contributed by atoms with van der Waals surface area (Å²) in [7, 11) is 0. The molecule has 19 heavy (non-hydrogen) atoms. The number of carbonyl (C=O) groups is 1. The monoisotopic (exact) mass is 328 g/mol. The van der Waals surface area contributed by atoms with E-state index >= 15 is 0 Å². The minimum Gasteiger partial charge on any atom is -0.395 e. The number of hydrogen-bond donors (Lipinski definition) is 1. The van der Waals surface area contributed by atoms with E-state index in [0.717, 1.165) is 25.0 Å². The topological polar surface area (TPSA) is 53.4 Å². The molecule has 0 aliphatic rings. The normalized spacial score (nSPS) is 10.5. The molecule has 0 radical (unpaired) electrons. The minimum absolute atomic E-state index is 0.0191. The van der Waals surface area contributed by atoms with E-state index in [1.807, 2.05) is 13.0 Å². The molecule has 0 bridgehead atoms. The zero-order chi connectivity index (χ0) is 14.3. The van der Waals surface area contributed by atoms with Gasteiger partial charge in [0.2, 0.25) is 0 Å². The highest BCUT2D eigenvalue weighted by Crippen LogP contribution is 2.17. The van der Waals surface area contributed by atoms with E-state index in [2.05, 4.69) is 27.8 Å². The van der Waals surface area contributed by atoms with Crippen molar-refractivity contribution in [1.82, 2.24) is 9.88 Å². The molecule has 0 aliphatic heterocycles. The number of pyridine rings is 1. The Morgan fingerprint density at radius 1 is 1.37 bits per heavy atom. The third-order valence-electron chi connectivity index (χ3n) is 2.91. The summed E-state index contributed by atoms with van der Waals surface area (Å²) in [5.74, 6) is -0.0791. The molecule has 1 amide bonds. The van der Waals surface area contributed by atoms with E-state index in [-0.39, 0.29) is 12.5 Å². The van der Waals surface area contributed by atoms with Gasteiger partial charge in [0.1, 0.15) is 4.60 Å². The Morgan fingerprint density at radius 3 is 2.68 bits per heavy atom. The first-order valence-electron chi connectivity index (χ1n) is 6.63. The first-order chi connectivity index (χ1) is 9.10. The van der Waals surface area contributed by atoms with Crippen molar-refractivity contribution >= 4 is 21.8 Å². The number of unbranched alkanes of at least 4 members (excludes halogenated alkanes) is 2. The molecule has 4 nitrogen and oxygen atoms in total. The van der Waals surface area contributed by atoms with Crippen LogP contribution in [0.25, 0.3) is 0 Å². The maximum atomic E-state index is 12.4. The number of hydrogen-bond acceptors (Lipinski definition) is 3. The van der Waals surface area contributed by atoms with Gasteiger partial charge in [-0.3, -0.25) is 4.79 Å². The summed E-state index contributed by atoms with van der Waals surface area (Å²) < 4.78 is 0.566. The SMILES string of the molecule is CCCCCN(CCO)C(=O)c1ccc(C)nc1Br. The zero-order valence-corrected chi connectivity index (χ0v) is 13.1. The summed E-state index contributed by atoms with van der Waals surface area (Å²) in [6.45, 7) is 5.02. The maximum Gasteiger partial charge on any atom is 0.256 e. The lowest BCUT2D eigenvalue weighted by molar-refractivity contribution is 0.0717. The van der Waals surface area contributed by atoms with Crippen LogP contribution in [0.1, 0.15) is 42.2 Å². The molecule has 5 heteroatoms. The number of aliphatic hydroxyl groups is 1. The first kappa shape index (κ1) is 16.1. The number of halogens is 1. The molecule has 106 valence electrons. The number of aryl methyl sites for hydroxylation is 1. The Bertz CT molecular complexity index is 424. The minimum atomic E-state index is -0.0791. The van der Waals surface area contributed by atoms with Gasteiger partial charge in [0, 0.05) is 18.8 Å². The second-order valence-corrected chi connectivity index (χ2v) is 5.27. The van der Waals surface area contributed by atoms with Gasteiger partial charge in [-0.1, -0.05) is 19.8 Å². The summed E-state index contributed by atoms with van der Waals surface area (Å²) in [6, 6.07) is 3.60. The van der Waals surface area contributed by atoms with Crippen LogP contribution in [0.2, 0.25) is 0 Å². The standard InChI is InChI=1S/C14H21BrN2O2/c1-3-4-5-8-17(9-10-18)14(19)12-7-6-11(2)16-13(12)15/h6-7,18H,3-5,8-10H2,1-2H3. The molecular formula is C14H21BrN2O2. The molecule has 1 aromatic heterocycles. The van der Waals surface area contributed by atoms with Crippen LogP contribution in [0, 0.1) is 6.92 Å². The van der Waals surface area contributed by atoms with E-state index in [1.54, 1.807) is 11.0 Å². The van der Waals surface area contributed by atoms with Crippen molar-refractivity contribution in [3.8, 4) is 0 Å². The van der Waals surface area contributed by atoms with Gasteiger partial charge in [0.25, 0.3) is 5.91 Å². The van der Waals surface area contributed by atoms with E-state index in [9.17, 15) is 4.79 Å². The average molecular weight is 329 g/mol. The summed E-state index contributed by atoms with van der Waals surface area (Å²) in [5, 5.41) is 9.08. The number of amides is 1. The van der Waals surface area contributed by atoms with Gasteiger partial charge < -0.3 is 10.0 Å². The van der Waals surface area contributed by atoms with E-state index < -0.39 is 0 Å². The molecule has 0 aliphatic carbocycles. The second-order valence-electron chi connectivity index (χ2n) is 4.51. The zero-order valence-electron chi connectivity index (χ0n) is 11.5. The van der Waals surface area contributed by atoms with Gasteiger partial charge in [-0.05, 0) is 41.4 Å². The van der Waals surface area contributed by atoms with Gasteiger partial charge in [-0.2, -0.15) is 0 Å². The summed E-state index contributed by atoms with van der Waals surface area (Å²) in [6.07, 6.45) is 3.15. The Kier molecular flexibility index (Phi) is 7.02. The van der Waals surface area contributed by atoms with Crippen LogP contribution < -0.4 is 0 Å². The van der Waals surface area contributed by atoms with Gasteiger partial charge >= 0.3 is 0 Å². The molecule has 0 fully saturated rings. The quantitative estimate of drug-likeness (QED) is 0.618. The smallest absolute Gasteiger partial charge is 0.256 e. The number of carbonyl (C=O) groups excluding carboxylic acids is 1. The molecule has 1 N–H and O–H groups in total. The van der Waals surface area contributed by atoms with Crippen LogP contribution in [-0.2, 0) is 0 Å². The van der Waals surface area contributed by atoms with Crippen LogP contribution in [0.5, 0.6) is 0 Å². The third-order valence-corrected chi connectivity index (χ3v) is 3.51. The van der Waals surface area contributed by atoms with Gasteiger partial charge in [0.15, 0.2) is 0 Å². The summed E-state index contributed by atoms with van der Waals surface area (Å²) >= 11 is 3.33. The first-order valence-corrected chi connectivity index (χ1v) is 7.42.